The van der Waals surface area contributed by atoms with E-state index in [-0.39, 0.29) is 11.4 Å². The number of aryl methyl sites for hydroxylation is 1. The average molecular weight is 471 g/mol. The van der Waals surface area contributed by atoms with Gasteiger partial charge in [0.05, 0.1) is 19.3 Å². The molecule has 0 heterocycles. The van der Waals surface area contributed by atoms with Crippen LogP contribution in [0.4, 0.5) is 5.69 Å². The first-order chi connectivity index (χ1) is 12.8. The van der Waals surface area contributed by atoms with Gasteiger partial charge in [-0.2, -0.15) is 0 Å². The summed E-state index contributed by atoms with van der Waals surface area (Å²) in [6.07, 6.45) is 1.65. The molecule has 3 nitrogen and oxygen atoms in total. The van der Waals surface area contributed by atoms with Crippen LogP contribution in [0.25, 0.3) is 10.4 Å². The van der Waals surface area contributed by atoms with Crippen molar-refractivity contribution in [2.75, 3.05) is 7.11 Å². The zero-order valence-corrected chi connectivity index (χ0v) is 18.2. The van der Waals surface area contributed by atoms with Gasteiger partial charge in [0.15, 0.2) is 5.69 Å². The van der Waals surface area contributed by atoms with E-state index in [1.165, 1.54) is 21.8 Å². The first kappa shape index (κ1) is 19.6. The van der Waals surface area contributed by atoms with Crippen LogP contribution in [-0.4, -0.2) is 13.1 Å². The highest BCUT2D eigenvalue weighted by Crippen LogP contribution is 2.45. The van der Waals surface area contributed by atoms with Gasteiger partial charge in [0, 0.05) is 8.99 Å². The molecule has 0 atom stereocenters. The van der Waals surface area contributed by atoms with Gasteiger partial charge in [-0.05, 0) is 69.3 Å². The minimum absolute atomic E-state index is 0.313. The van der Waals surface area contributed by atoms with Gasteiger partial charge in [-0.25, -0.2) is 9.64 Å². The number of halogens is 1. The van der Waals surface area contributed by atoms with Crippen LogP contribution in [-0.2, 0) is 27.8 Å². The number of esters is 1. The summed E-state index contributed by atoms with van der Waals surface area (Å²) in [6, 6.07) is 12.1. The van der Waals surface area contributed by atoms with Gasteiger partial charge in [-0.15, -0.1) is 0 Å². The Morgan fingerprint density at radius 1 is 1.26 bits per heavy atom. The fourth-order valence-corrected chi connectivity index (χ4v) is 4.64. The summed E-state index contributed by atoms with van der Waals surface area (Å²) >= 11 is 2.38. The quantitative estimate of drug-likeness (QED) is 0.318. The molecule has 0 unspecified atom stereocenters. The third kappa shape index (κ3) is 3.41. The van der Waals surface area contributed by atoms with Crippen LogP contribution in [0.15, 0.2) is 42.0 Å². The molecule has 2 aromatic carbocycles. The Balaban J connectivity index is 2.16. The number of hydrogen-bond donors (Lipinski definition) is 0. The van der Waals surface area contributed by atoms with Crippen LogP contribution in [0.3, 0.4) is 0 Å². The van der Waals surface area contributed by atoms with Gasteiger partial charge in [0.1, 0.15) is 0 Å². The maximum atomic E-state index is 12.6. The fraction of sp³-hybridized carbons (Fsp3) is 0.304. The third-order valence-electron chi connectivity index (χ3n) is 5.46. The Bertz CT molecular complexity index is 996. The van der Waals surface area contributed by atoms with Gasteiger partial charge in [0.2, 0.25) is 0 Å². The van der Waals surface area contributed by atoms with E-state index in [2.05, 4.69) is 66.4 Å². The van der Waals surface area contributed by atoms with Gasteiger partial charge < -0.3 is 4.74 Å². The maximum Gasteiger partial charge on any atom is 0.338 e. The van der Waals surface area contributed by atoms with Gasteiger partial charge >= 0.3 is 5.97 Å². The SMILES string of the molecule is [C-]#[N+]c1ccc2c(c1)CC(C(C)(C)c1ccc(CC)c(I)c1)=C2C(=O)OC. The zero-order valence-electron chi connectivity index (χ0n) is 16.0. The first-order valence-electron chi connectivity index (χ1n) is 8.95. The molecular weight excluding hydrogens is 449 g/mol. The van der Waals surface area contributed by atoms with Gasteiger partial charge in [-0.3, -0.25) is 0 Å². The van der Waals surface area contributed by atoms with E-state index in [0.717, 1.165) is 23.1 Å². The normalized spacial score (nSPS) is 13.3. The lowest BCUT2D eigenvalue weighted by Gasteiger charge is -2.29. The summed E-state index contributed by atoms with van der Waals surface area (Å²) in [4.78, 5) is 16.2. The van der Waals surface area contributed by atoms with E-state index in [9.17, 15) is 4.79 Å². The highest BCUT2D eigenvalue weighted by Gasteiger charge is 2.37. The topological polar surface area (TPSA) is 30.7 Å². The number of fused-ring (bicyclic) bond motifs is 1. The van der Waals surface area contributed by atoms with Crippen LogP contribution in [0.2, 0.25) is 0 Å². The molecule has 1 aliphatic carbocycles. The number of methoxy groups -OCH3 is 1. The highest BCUT2D eigenvalue weighted by atomic mass is 127. The van der Waals surface area contributed by atoms with Crippen molar-refractivity contribution in [3.8, 4) is 0 Å². The Morgan fingerprint density at radius 3 is 2.59 bits per heavy atom. The molecule has 0 radical (unpaired) electrons. The first-order valence-corrected chi connectivity index (χ1v) is 10.0. The number of carbonyl (C=O) groups is 1. The van der Waals surface area contributed by atoms with Crippen molar-refractivity contribution in [2.45, 2.75) is 39.0 Å². The number of allylic oxidation sites excluding steroid dienone is 1. The average Bonchev–Trinajstić information content (AvgIpc) is 3.06. The van der Waals surface area contributed by atoms with Crippen molar-refractivity contribution >= 4 is 39.8 Å². The fourth-order valence-electron chi connectivity index (χ4n) is 3.75. The van der Waals surface area contributed by atoms with Gasteiger partial charge in [-0.1, -0.05) is 51.1 Å². The van der Waals surface area contributed by atoms with Crippen molar-refractivity contribution in [3.63, 3.8) is 0 Å². The smallest absolute Gasteiger partial charge is 0.338 e. The molecule has 0 bridgehead atoms. The van der Waals surface area contributed by atoms with Crippen molar-refractivity contribution in [3.05, 3.63) is 79.2 Å². The Kier molecular flexibility index (Phi) is 5.43. The number of benzene rings is 2. The lowest BCUT2D eigenvalue weighted by Crippen LogP contribution is -2.23. The summed E-state index contributed by atoms with van der Waals surface area (Å²) in [7, 11) is 1.42. The molecule has 0 saturated carbocycles. The molecule has 3 rings (SSSR count). The molecular formula is C23H22INO2. The Morgan fingerprint density at radius 2 is 2.00 bits per heavy atom. The number of nitrogens with zero attached hydrogens (tertiary/aromatic N) is 1. The number of ether oxygens (including phenoxy) is 1. The number of rotatable bonds is 4. The van der Waals surface area contributed by atoms with Crippen molar-refractivity contribution in [1.82, 2.24) is 0 Å². The Labute approximate surface area is 174 Å². The molecule has 2 aromatic rings. The number of hydrogen-bond acceptors (Lipinski definition) is 2. The van der Waals surface area contributed by atoms with E-state index in [1.54, 1.807) is 6.07 Å². The summed E-state index contributed by atoms with van der Waals surface area (Å²) in [6.45, 7) is 13.7. The lowest BCUT2D eigenvalue weighted by molar-refractivity contribution is -0.133. The van der Waals surface area contributed by atoms with E-state index < -0.39 is 0 Å². The molecule has 0 aliphatic heterocycles. The highest BCUT2D eigenvalue weighted by molar-refractivity contribution is 14.1. The third-order valence-corrected chi connectivity index (χ3v) is 6.46. The molecule has 0 spiro atoms. The van der Waals surface area contributed by atoms with Crippen LogP contribution >= 0.6 is 22.6 Å². The van der Waals surface area contributed by atoms with Crippen molar-refractivity contribution < 1.29 is 9.53 Å². The summed E-state index contributed by atoms with van der Waals surface area (Å²) < 4.78 is 6.35. The van der Waals surface area contributed by atoms with E-state index >= 15 is 0 Å². The molecule has 0 saturated heterocycles. The minimum Gasteiger partial charge on any atom is -0.465 e. The molecule has 4 heteroatoms. The second kappa shape index (κ2) is 7.47. The number of carbonyl (C=O) groups excluding carboxylic acids is 1. The van der Waals surface area contributed by atoms with E-state index in [0.29, 0.717) is 17.7 Å². The molecule has 0 fully saturated rings. The molecule has 0 amide bonds. The van der Waals surface area contributed by atoms with Gasteiger partial charge in [0.25, 0.3) is 0 Å². The van der Waals surface area contributed by atoms with E-state index in [1.807, 2.05) is 12.1 Å². The zero-order chi connectivity index (χ0) is 19.8. The van der Waals surface area contributed by atoms with Crippen LogP contribution < -0.4 is 0 Å². The standard InChI is InChI=1S/C23H22INO2/c1-6-14-7-8-16(13-20(14)24)23(2,3)19-12-15-11-17(25-4)9-10-18(15)21(19)22(26)27-5/h7-11,13H,6,12H2,1-3,5H3. The van der Waals surface area contributed by atoms with Crippen LogP contribution in [0, 0.1) is 10.1 Å². The lowest BCUT2D eigenvalue weighted by atomic mass is 9.75. The second-order valence-corrected chi connectivity index (χ2v) is 8.42. The van der Waals surface area contributed by atoms with Crippen LogP contribution in [0.5, 0.6) is 0 Å². The van der Waals surface area contributed by atoms with Crippen LogP contribution in [0.1, 0.15) is 43.0 Å². The minimum atomic E-state index is -0.326. The monoisotopic (exact) mass is 471 g/mol. The Hall–Kier alpha value is -2.13. The summed E-state index contributed by atoms with van der Waals surface area (Å²) in [5, 5.41) is 0. The predicted molar refractivity (Wildman–Crippen MR) is 117 cm³/mol. The largest absolute Gasteiger partial charge is 0.465 e. The van der Waals surface area contributed by atoms with E-state index in [4.69, 9.17) is 11.3 Å². The molecule has 1 aliphatic rings. The maximum absolute atomic E-state index is 12.6. The molecule has 0 aromatic heterocycles. The molecule has 0 N–H and O–H groups in total. The molecule has 138 valence electrons. The van der Waals surface area contributed by atoms with Crippen molar-refractivity contribution in [1.29, 1.82) is 0 Å². The summed E-state index contributed by atoms with van der Waals surface area (Å²) in [5.74, 6) is -0.313. The second-order valence-electron chi connectivity index (χ2n) is 7.26. The molecule has 27 heavy (non-hydrogen) atoms. The summed E-state index contributed by atoms with van der Waals surface area (Å²) in [5.41, 5.74) is 6.37. The van der Waals surface area contributed by atoms with Crippen molar-refractivity contribution in [2.24, 2.45) is 0 Å². The predicted octanol–water partition coefficient (Wildman–Crippen LogP) is 5.86.